The second-order valence-electron chi connectivity index (χ2n) is 6.19. The Kier molecular flexibility index (Phi) is 4.08. The number of hydrogen-bond donors (Lipinski definition) is 1. The van der Waals surface area contributed by atoms with Crippen LogP contribution in [0.5, 0.6) is 0 Å². The molecular formula is C17H24N4. The van der Waals surface area contributed by atoms with Gasteiger partial charge in [-0.25, -0.2) is 4.68 Å². The summed E-state index contributed by atoms with van der Waals surface area (Å²) in [6.45, 7) is 6.38. The van der Waals surface area contributed by atoms with Gasteiger partial charge in [0.05, 0.1) is 17.9 Å². The van der Waals surface area contributed by atoms with E-state index >= 15 is 0 Å². The molecule has 1 aromatic carbocycles. The summed E-state index contributed by atoms with van der Waals surface area (Å²) >= 11 is 0. The number of likely N-dealkylation sites (tertiary alicyclic amines) is 1. The van der Waals surface area contributed by atoms with E-state index in [9.17, 15) is 0 Å². The van der Waals surface area contributed by atoms with E-state index in [1.54, 1.807) is 0 Å². The highest BCUT2D eigenvalue weighted by Gasteiger charge is 2.32. The van der Waals surface area contributed by atoms with E-state index < -0.39 is 0 Å². The zero-order chi connectivity index (χ0) is 14.8. The van der Waals surface area contributed by atoms with Gasteiger partial charge in [0.25, 0.3) is 0 Å². The number of hydrogen-bond acceptors (Lipinski definition) is 3. The molecular weight excluding hydrogens is 260 g/mol. The van der Waals surface area contributed by atoms with Crippen molar-refractivity contribution in [3.8, 4) is 5.69 Å². The summed E-state index contributed by atoms with van der Waals surface area (Å²) in [6, 6.07) is 11.1. The van der Waals surface area contributed by atoms with Crippen molar-refractivity contribution in [2.45, 2.75) is 32.4 Å². The molecule has 4 nitrogen and oxygen atoms in total. The molecule has 0 saturated carbocycles. The fourth-order valence-electron chi connectivity index (χ4n) is 3.46. The Bertz CT molecular complexity index is 577. The summed E-state index contributed by atoms with van der Waals surface area (Å²) in [6.07, 6.45) is 5.33. The first-order valence-corrected chi connectivity index (χ1v) is 7.75. The second kappa shape index (κ2) is 6.00. The summed E-state index contributed by atoms with van der Waals surface area (Å²) in [5.74, 6) is 0.748. The second-order valence-corrected chi connectivity index (χ2v) is 6.19. The van der Waals surface area contributed by atoms with Crippen LogP contribution in [0.1, 0.15) is 31.9 Å². The van der Waals surface area contributed by atoms with Gasteiger partial charge in [-0.1, -0.05) is 25.1 Å². The van der Waals surface area contributed by atoms with E-state index in [0.717, 1.165) is 18.2 Å². The van der Waals surface area contributed by atoms with Gasteiger partial charge in [0.1, 0.15) is 0 Å². The molecule has 1 saturated heterocycles. The van der Waals surface area contributed by atoms with Gasteiger partial charge < -0.3 is 5.73 Å². The Morgan fingerprint density at radius 2 is 2.05 bits per heavy atom. The molecule has 3 atom stereocenters. The van der Waals surface area contributed by atoms with Crippen LogP contribution >= 0.6 is 0 Å². The van der Waals surface area contributed by atoms with Crippen LogP contribution in [0.25, 0.3) is 5.69 Å². The third-order valence-corrected chi connectivity index (χ3v) is 4.46. The van der Waals surface area contributed by atoms with Crippen molar-refractivity contribution in [1.29, 1.82) is 0 Å². The van der Waals surface area contributed by atoms with Gasteiger partial charge >= 0.3 is 0 Å². The van der Waals surface area contributed by atoms with Crippen LogP contribution in [0, 0.1) is 5.92 Å². The lowest BCUT2D eigenvalue weighted by Gasteiger charge is -2.29. The van der Waals surface area contributed by atoms with Gasteiger partial charge in [-0.15, -0.1) is 0 Å². The smallest absolute Gasteiger partial charge is 0.0645 e. The molecule has 0 radical (unpaired) electrons. The molecule has 3 rings (SSSR count). The largest absolute Gasteiger partial charge is 0.329 e. The highest BCUT2D eigenvalue weighted by molar-refractivity contribution is 5.31. The number of benzene rings is 1. The lowest BCUT2D eigenvalue weighted by atomic mass is 10.1. The van der Waals surface area contributed by atoms with Gasteiger partial charge in [0, 0.05) is 30.9 Å². The number of aromatic nitrogens is 2. The van der Waals surface area contributed by atoms with Crippen molar-refractivity contribution >= 4 is 0 Å². The fraction of sp³-hybridized carbons (Fsp3) is 0.471. The van der Waals surface area contributed by atoms with Crippen molar-refractivity contribution in [2.24, 2.45) is 11.7 Å². The van der Waals surface area contributed by atoms with Gasteiger partial charge in [-0.3, -0.25) is 4.90 Å². The average molecular weight is 284 g/mol. The predicted octanol–water partition coefficient (Wildman–Crippen LogP) is 2.60. The SMILES string of the molecule is CC1CC(C)N(C(CN)c2cnn(-c3ccccc3)c2)C1. The summed E-state index contributed by atoms with van der Waals surface area (Å²) < 4.78 is 1.93. The minimum absolute atomic E-state index is 0.266. The van der Waals surface area contributed by atoms with Crippen molar-refractivity contribution in [2.75, 3.05) is 13.1 Å². The standard InChI is InChI=1S/C17H24N4/c1-13-8-14(2)20(11-13)17(9-18)15-10-19-21(12-15)16-6-4-3-5-7-16/h3-7,10,12-14,17H,8-9,11,18H2,1-2H3. The molecule has 1 aromatic heterocycles. The molecule has 4 heteroatoms. The molecule has 2 aromatic rings. The van der Waals surface area contributed by atoms with E-state index in [1.807, 2.05) is 29.1 Å². The molecule has 0 spiro atoms. The summed E-state index contributed by atoms with van der Waals surface area (Å²) in [4.78, 5) is 2.52. The molecule has 1 fully saturated rings. The maximum Gasteiger partial charge on any atom is 0.0645 e. The third-order valence-electron chi connectivity index (χ3n) is 4.46. The molecule has 1 aliphatic rings. The maximum atomic E-state index is 6.06. The van der Waals surface area contributed by atoms with E-state index in [0.29, 0.717) is 12.6 Å². The Labute approximate surface area is 126 Å². The monoisotopic (exact) mass is 284 g/mol. The molecule has 2 N–H and O–H groups in total. The number of rotatable bonds is 4. The third kappa shape index (κ3) is 2.87. The zero-order valence-corrected chi connectivity index (χ0v) is 12.8. The van der Waals surface area contributed by atoms with Crippen LogP contribution in [0.4, 0.5) is 0 Å². The molecule has 1 aliphatic heterocycles. The normalized spacial score (nSPS) is 24.3. The Balaban J connectivity index is 1.84. The predicted molar refractivity (Wildman–Crippen MR) is 85.3 cm³/mol. The van der Waals surface area contributed by atoms with Crippen LogP contribution in [0.2, 0.25) is 0 Å². The van der Waals surface area contributed by atoms with Crippen LogP contribution in [-0.2, 0) is 0 Å². The van der Waals surface area contributed by atoms with E-state index in [4.69, 9.17) is 5.73 Å². The molecule has 0 aliphatic carbocycles. The van der Waals surface area contributed by atoms with Crippen LogP contribution < -0.4 is 5.73 Å². The first-order valence-electron chi connectivity index (χ1n) is 7.75. The fourth-order valence-corrected chi connectivity index (χ4v) is 3.46. The van der Waals surface area contributed by atoms with Crippen molar-refractivity contribution in [3.05, 3.63) is 48.3 Å². The van der Waals surface area contributed by atoms with E-state index in [-0.39, 0.29) is 6.04 Å². The van der Waals surface area contributed by atoms with Crippen LogP contribution in [-0.4, -0.2) is 33.8 Å². The molecule has 112 valence electrons. The minimum Gasteiger partial charge on any atom is -0.329 e. The zero-order valence-electron chi connectivity index (χ0n) is 12.8. The number of nitrogens with zero attached hydrogens (tertiary/aromatic N) is 3. The Morgan fingerprint density at radius 1 is 1.29 bits per heavy atom. The minimum atomic E-state index is 0.266. The quantitative estimate of drug-likeness (QED) is 0.939. The summed E-state index contributed by atoms with van der Waals surface area (Å²) in [5, 5.41) is 4.51. The van der Waals surface area contributed by atoms with Crippen molar-refractivity contribution in [1.82, 2.24) is 14.7 Å². The molecule has 2 heterocycles. The lowest BCUT2D eigenvalue weighted by molar-refractivity contribution is 0.192. The van der Waals surface area contributed by atoms with Crippen molar-refractivity contribution in [3.63, 3.8) is 0 Å². The van der Waals surface area contributed by atoms with E-state index in [2.05, 4.69) is 42.2 Å². The van der Waals surface area contributed by atoms with Gasteiger partial charge in [0.15, 0.2) is 0 Å². The summed E-state index contributed by atoms with van der Waals surface area (Å²) in [7, 11) is 0. The topological polar surface area (TPSA) is 47.1 Å². The first kappa shape index (κ1) is 14.3. The van der Waals surface area contributed by atoms with Crippen LogP contribution in [0.15, 0.2) is 42.7 Å². The first-order chi connectivity index (χ1) is 10.2. The van der Waals surface area contributed by atoms with Crippen LogP contribution in [0.3, 0.4) is 0 Å². The molecule has 0 bridgehead atoms. The molecule has 0 amide bonds. The number of nitrogens with two attached hydrogens (primary N) is 1. The average Bonchev–Trinajstić information content (AvgIpc) is 3.09. The van der Waals surface area contributed by atoms with Gasteiger partial charge in [-0.2, -0.15) is 5.10 Å². The van der Waals surface area contributed by atoms with Gasteiger partial charge in [-0.05, 0) is 31.4 Å². The Morgan fingerprint density at radius 3 is 2.67 bits per heavy atom. The maximum absolute atomic E-state index is 6.06. The highest BCUT2D eigenvalue weighted by Crippen LogP contribution is 2.31. The van der Waals surface area contributed by atoms with Gasteiger partial charge in [0.2, 0.25) is 0 Å². The summed E-state index contributed by atoms with van der Waals surface area (Å²) in [5.41, 5.74) is 8.36. The van der Waals surface area contributed by atoms with Crippen molar-refractivity contribution < 1.29 is 0 Å². The Hall–Kier alpha value is -1.65. The van der Waals surface area contributed by atoms with E-state index in [1.165, 1.54) is 12.0 Å². The molecule has 21 heavy (non-hydrogen) atoms. The number of para-hydroxylation sites is 1. The molecule has 3 unspecified atom stereocenters. The lowest BCUT2D eigenvalue weighted by Crippen LogP contribution is -2.36. The highest BCUT2D eigenvalue weighted by atomic mass is 15.3.